The first kappa shape index (κ1) is 22.2. The molecule has 0 aliphatic carbocycles. The van der Waals surface area contributed by atoms with Crippen molar-refractivity contribution in [2.75, 3.05) is 11.4 Å². The fourth-order valence-electron chi connectivity index (χ4n) is 5.87. The van der Waals surface area contributed by atoms with Crippen LogP contribution in [0.4, 0.5) is 11.4 Å². The number of hydrogen-bond acceptors (Lipinski definition) is 6. The van der Waals surface area contributed by atoms with Crippen molar-refractivity contribution < 1.29 is 14.2 Å². The molecule has 36 heavy (non-hydrogen) atoms. The molecule has 8 nitrogen and oxygen atoms in total. The van der Waals surface area contributed by atoms with Crippen LogP contribution in [0.5, 0.6) is 0 Å². The molecule has 6 rings (SSSR count). The van der Waals surface area contributed by atoms with Gasteiger partial charge in [0.25, 0.3) is 5.91 Å². The van der Waals surface area contributed by atoms with Gasteiger partial charge in [-0.1, -0.05) is 84.0 Å². The summed E-state index contributed by atoms with van der Waals surface area (Å²) in [7, 11) is 0. The highest BCUT2D eigenvalue weighted by Gasteiger charge is 2.64. The smallest absolute Gasteiger partial charge is 0.334 e. The van der Waals surface area contributed by atoms with Crippen LogP contribution < -0.4 is 10.2 Å². The van der Waals surface area contributed by atoms with E-state index in [9.17, 15) is 14.9 Å². The number of nitrogens with zero attached hydrogens (tertiary/aromatic N) is 3. The highest BCUT2D eigenvalue weighted by Crippen LogP contribution is 2.58. The third-order valence-electron chi connectivity index (χ3n) is 7.41. The summed E-state index contributed by atoms with van der Waals surface area (Å²) in [5.74, 6) is -0.942. The van der Waals surface area contributed by atoms with Crippen LogP contribution in [0, 0.1) is 17.0 Å². The maximum atomic E-state index is 14.5. The number of benzene rings is 3. The van der Waals surface area contributed by atoms with Crippen LogP contribution in [0.3, 0.4) is 0 Å². The summed E-state index contributed by atoms with van der Waals surface area (Å²) < 4.78 is 5.69. The maximum absolute atomic E-state index is 14.5. The monoisotopic (exact) mass is 480 g/mol. The molecule has 2 aliphatic rings. The van der Waals surface area contributed by atoms with Gasteiger partial charge in [-0.05, 0) is 24.1 Å². The molecular weight excluding hydrogens is 456 g/mol. The number of fused-ring (bicyclic) bond motifs is 2. The zero-order valence-corrected chi connectivity index (χ0v) is 19.6. The number of aromatic nitrogens is 1. The van der Waals surface area contributed by atoms with E-state index in [1.807, 2.05) is 84.9 Å². The van der Waals surface area contributed by atoms with Crippen molar-refractivity contribution in [3.63, 3.8) is 0 Å². The van der Waals surface area contributed by atoms with Crippen molar-refractivity contribution in [1.29, 1.82) is 0 Å². The van der Waals surface area contributed by atoms with Gasteiger partial charge in [0.05, 0.1) is 17.4 Å². The van der Waals surface area contributed by atoms with E-state index in [-0.39, 0.29) is 29.0 Å². The van der Waals surface area contributed by atoms with Gasteiger partial charge >= 0.3 is 5.69 Å². The van der Waals surface area contributed by atoms with Gasteiger partial charge in [0.2, 0.25) is 5.76 Å². The van der Waals surface area contributed by atoms with Crippen molar-refractivity contribution >= 4 is 17.3 Å². The quantitative estimate of drug-likeness (QED) is 0.325. The summed E-state index contributed by atoms with van der Waals surface area (Å²) in [6.45, 7) is 2.40. The van der Waals surface area contributed by atoms with Crippen LogP contribution in [-0.2, 0) is 16.9 Å². The Morgan fingerprint density at radius 3 is 2.44 bits per heavy atom. The highest BCUT2D eigenvalue weighted by atomic mass is 16.6. The van der Waals surface area contributed by atoms with E-state index in [2.05, 4.69) is 10.5 Å². The standard InChI is InChI=1S/C28H24N4O4/c1-18-25(32(34)35)26(36-30-18)24-21(20-12-6-3-7-13-20)16-29-28(24)22-14-8-9-15-23(22)31(27(28)33)17-19-10-4-2-5-11-19/h2-15,21,24,29H,16-17H2,1H3/t21-,24+,28-/m0/s1. The molecule has 8 heteroatoms. The van der Waals surface area contributed by atoms with Crippen molar-refractivity contribution in [2.45, 2.75) is 30.8 Å². The van der Waals surface area contributed by atoms with Gasteiger partial charge in [0.15, 0.2) is 5.69 Å². The predicted molar refractivity (Wildman–Crippen MR) is 134 cm³/mol. The number of anilines is 1. The van der Waals surface area contributed by atoms with Crippen molar-refractivity contribution in [2.24, 2.45) is 0 Å². The predicted octanol–water partition coefficient (Wildman–Crippen LogP) is 4.80. The molecule has 3 atom stereocenters. The van der Waals surface area contributed by atoms with E-state index in [1.165, 1.54) is 0 Å². The van der Waals surface area contributed by atoms with Gasteiger partial charge in [-0.25, -0.2) is 0 Å². The minimum Gasteiger partial charge on any atom is -0.353 e. The van der Waals surface area contributed by atoms with Crippen molar-refractivity contribution in [3.05, 3.63) is 123 Å². The largest absolute Gasteiger partial charge is 0.353 e. The Morgan fingerprint density at radius 2 is 1.72 bits per heavy atom. The molecule has 1 amide bonds. The van der Waals surface area contributed by atoms with E-state index >= 15 is 0 Å². The number of para-hydroxylation sites is 1. The molecule has 1 saturated heterocycles. The Kier molecular flexibility index (Phi) is 5.19. The Labute approximate surface area is 207 Å². The van der Waals surface area contributed by atoms with E-state index in [1.54, 1.807) is 11.8 Å². The lowest BCUT2D eigenvalue weighted by Crippen LogP contribution is -2.50. The number of amides is 1. The lowest BCUT2D eigenvalue weighted by molar-refractivity contribution is -0.386. The Morgan fingerprint density at radius 1 is 1.06 bits per heavy atom. The number of hydrogen-bond donors (Lipinski definition) is 1. The molecule has 3 heterocycles. The minimum atomic E-state index is -1.23. The van der Waals surface area contributed by atoms with E-state index in [4.69, 9.17) is 4.52 Å². The van der Waals surface area contributed by atoms with Crippen molar-refractivity contribution in [1.82, 2.24) is 10.5 Å². The van der Waals surface area contributed by atoms with Gasteiger partial charge in [-0.15, -0.1) is 0 Å². The third kappa shape index (κ3) is 3.18. The number of nitrogens with one attached hydrogen (secondary N) is 1. The second-order valence-corrected chi connectivity index (χ2v) is 9.32. The SMILES string of the molecule is Cc1noc([C@H]2[C@H](c3ccccc3)CN[C@]23C(=O)N(Cc2ccccc2)c2ccccc23)c1[N+](=O)[O-]. The Balaban J connectivity index is 1.56. The highest BCUT2D eigenvalue weighted by molar-refractivity contribution is 6.09. The molecule has 0 bridgehead atoms. The molecule has 0 unspecified atom stereocenters. The van der Waals surface area contributed by atoms with Crippen LogP contribution in [0.15, 0.2) is 89.5 Å². The number of aryl methyl sites for hydroxylation is 1. The lowest BCUT2D eigenvalue weighted by atomic mass is 9.72. The van der Waals surface area contributed by atoms with Gasteiger partial charge < -0.3 is 9.42 Å². The second kappa shape index (κ2) is 8.42. The van der Waals surface area contributed by atoms with Gasteiger partial charge in [-0.3, -0.25) is 20.2 Å². The van der Waals surface area contributed by atoms with Crippen LogP contribution in [-0.4, -0.2) is 22.5 Å². The average Bonchev–Trinajstić information content (AvgIpc) is 3.55. The van der Waals surface area contributed by atoms with E-state index in [0.29, 0.717) is 13.1 Å². The number of carbonyl (C=O) groups is 1. The summed E-state index contributed by atoms with van der Waals surface area (Å²) in [5, 5.41) is 19.6. The lowest BCUT2D eigenvalue weighted by Gasteiger charge is -2.31. The van der Waals surface area contributed by atoms with Crippen molar-refractivity contribution in [3.8, 4) is 0 Å². The fourth-order valence-corrected chi connectivity index (χ4v) is 5.87. The summed E-state index contributed by atoms with van der Waals surface area (Å²) in [6, 6.07) is 27.2. The Bertz CT molecular complexity index is 1450. The van der Waals surface area contributed by atoms with Gasteiger partial charge in [-0.2, -0.15) is 0 Å². The van der Waals surface area contributed by atoms with E-state index < -0.39 is 16.4 Å². The maximum Gasteiger partial charge on any atom is 0.334 e. The molecular formula is C28H24N4O4. The molecule has 3 aromatic carbocycles. The number of rotatable bonds is 5. The fraction of sp³-hybridized carbons (Fsp3) is 0.214. The van der Waals surface area contributed by atoms with Gasteiger partial charge in [0, 0.05) is 23.7 Å². The first-order valence-corrected chi connectivity index (χ1v) is 11.9. The first-order chi connectivity index (χ1) is 17.5. The summed E-state index contributed by atoms with van der Waals surface area (Å²) in [6.07, 6.45) is 0. The molecule has 1 aromatic heterocycles. The summed E-state index contributed by atoms with van der Waals surface area (Å²) in [4.78, 5) is 27.9. The normalized spacial score (nSPS) is 22.8. The minimum absolute atomic E-state index is 0.126. The van der Waals surface area contributed by atoms with Crippen LogP contribution in [0.2, 0.25) is 0 Å². The molecule has 0 saturated carbocycles. The first-order valence-electron chi connectivity index (χ1n) is 11.9. The van der Waals surface area contributed by atoms with Crippen LogP contribution in [0.1, 0.15) is 40.0 Å². The molecule has 180 valence electrons. The second-order valence-electron chi connectivity index (χ2n) is 9.32. The third-order valence-corrected chi connectivity index (χ3v) is 7.41. The van der Waals surface area contributed by atoms with Crippen LogP contribution >= 0.6 is 0 Å². The number of nitro groups is 1. The average molecular weight is 481 g/mol. The Hall–Kier alpha value is -4.30. The van der Waals surface area contributed by atoms with E-state index in [0.717, 1.165) is 22.4 Å². The molecule has 2 aliphatic heterocycles. The topological polar surface area (TPSA) is 102 Å². The molecule has 1 N–H and O–H groups in total. The molecule has 4 aromatic rings. The van der Waals surface area contributed by atoms with Crippen LogP contribution in [0.25, 0.3) is 0 Å². The summed E-state index contributed by atoms with van der Waals surface area (Å²) >= 11 is 0. The zero-order valence-electron chi connectivity index (χ0n) is 19.6. The van der Waals surface area contributed by atoms with Gasteiger partial charge in [0.1, 0.15) is 5.54 Å². The molecule has 1 spiro atoms. The molecule has 1 fully saturated rings. The number of carbonyl (C=O) groups excluding carboxylic acids is 1. The summed E-state index contributed by atoms with van der Waals surface area (Å²) in [5.41, 5.74) is 2.34. The zero-order chi connectivity index (χ0) is 24.9. The molecule has 0 radical (unpaired) electrons.